The molecule has 0 saturated heterocycles. The van der Waals surface area contributed by atoms with Crippen molar-refractivity contribution >= 4 is 0 Å². The van der Waals surface area contributed by atoms with Gasteiger partial charge in [0.2, 0.25) is 0 Å². The third kappa shape index (κ3) is 7.46. The lowest BCUT2D eigenvalue weighted by molar-refractivity contribution is 0.273. The van der Waals surface area contributed by atoms with Crippen LogP contribution in [0.3, 0.4) is 0 Å². The van der Waals surface area contributed by atoms with E-state index in [2.05, 4.69) is 6.08 Å². The summed E-state index contributed by atoms with van der Waals surface area (Å²) in [4.78, 5) is 0. The van der Waals surface area contributed by atoms with Gasteiger partial charge in [0.25, 0.3) is 0 Å². The zero-order valence-corrected chi connectivity index (χ0v) is 17.7. The maximum absolute atomic E-state index is 13.1. The zero-order chi connectivity index (χ0) is 20.3. The summed E-state index contributed by atoms with van der Waals surface area (Å²) >= 11 is 0. The fourth-order valence-corrected chi connectivity index (χ4v) is 5.37. The Morgan fingerprint density at radius 2 is 1.41 bits per heavy atom. The third-order valence-corrected chi connectivity index (χ3v) is 7.22. The van der Waals surface area contributed by atoms with E-state index in [9.17, 15) is 4.39 Å². The van der Waals surface area contributed by atoms with Gasteiger partial charge in [0.1, 0.15) is 5.82 Å². The predicted octanol–water partition coefficient (Wildman–Crippen LogP) is 8.10. The van der Waals surface area contributed by atoms with E-state index in [0.717, 1.165) is 11.8 Å². The molecule has 0 aromatic heterocycles. The van der Waals surface area contributed by atoms with Gasteiger partial charge in [-0.05, 0) is 92.7 Å². The summed E-state index contributed by atoms with van der Waals surface area (Å²) in [5.74, 6) is 3.08. The highest BCUT2D eigenvalue weighted by Gasteiger charge is 2.23. The number of benzene rings is 1. The Labute approximate surface area is 176 Å². The van der Waals surface area contributed by atoms with Gasteiger partial charge in [-0.1, -0.05) is 56.0 Å². The van der Waals surface area contributed by atoms with E-state index in [1.807, 2.05) is 30.4 Å². The number of unbranched alkanes of at least 4 members (excludes halogenated alkanes) is 1. The van der Waals surface area contributed by atoms with Gasteiger partial charge >= 0.3 is 0 Å². The van der Waals surface area contributed by atoms with Crippen LogP contribution in [0.25, 0.3) is 0 Å². The zero-order valence-electron chi connectivity index (χ0n) is 17.7. The van der Waals surface area contributed by atoms with Gasteiger partial charge in [-0.25, -0.2) is 4.39 Å². The number of allylic oxidation sites excluding steroid dienone is 4. The molecule has 0 heterocycles. The van der Waals surface area contributed by atoms with Crippen molar-refractivity contribution in [2.75, 3.05) is 0 Å². The van der Waals surface area contributed by atoms with E-state index in [0.29, 0.717) is 11.8 Å². The minimum absolute atomic E-state index is 0.125. The van der Waals surface area contributed by atoms with Crippen molar-refractivity contribution in [3.8, 4) is 6.07 Å². The molecule has 0 N–H and O–H groups in total. The van der Waals surface area contributed by atoms with E-state index in [1.54, 1.807) is 12.1 Å². The second-order valence-corrected chi connectivity index (χ2v) is 9.21. The summed E-state index contributed by atoms with van der Waals surface area (Å²) in [6.07, 6.45) is 23.9. The molecule has 0 amide bonds. The molecule has 2 saturated carbocycles. The molecule has 0 unspecified atom stereocenters. The van der Waals surface area contributed by atoms with Crippen molar-refractivity contribution in [2.45, 2.75) is 83.0 Å². The molecule has 0 aliphatic heterocycles. The number of halogens is 1. The third-order valence-electron chi connectivity index (χ3n) is 7.22. The molecule has 156 valence electrons. The SMILES string of the molecule is N#C/C=C/C=C/[C@H]1CC[C@H](CCCC[C@H]2CC[C@H](c3ccc(F)cc3)CC2)CC1. The standard InChI is InChI=1S/C27H36FN/c28-27-19-17-26(18-20-27)25-15-13-24(14-16-25)8-4-3-7-23-11-9-22(10-12-23)6-2-1-5-21-29/h1-2,5-6,17-20,22-25H,3-4,7-16H2/b5-1+,6-2+/t22-,23-,24-,25-. The highest BCUT2D eigenvalue weighted by Crippen LogP contribution is 2.38. The smallest absolute Gasteiger partial charge is 0.123 e. The molecule has 2 fully saturated rings. The number of nitriles is 1. The molecule has 1 nitrogen and oxygen atoms in total. The second kappa shape index (κ2) is 12.0. The lowest BCUT2D eigenvalue weighted by Crippen LogP contribution is -2.14. The van der Waals surface area contributed by atoms with Crippen molar-refractivity contribution in [3.05, 3.63) is 60.0 Å². The van der Waals surface area contributed by atoms with Gasteiger partial charge in [0, 0.05) is 6.08 Å². The Morgan fingerprint density at radius 1 is 0.828 bits per heavy atom. The first-order valence-electron chi connectivity index (χ1n) is 11.7. The summed E-state index contributed by atoms with van der Waals surface area (Å²) in [5.41, 5.74) is 1.33. The number of hydrogen-bond donors (Lipinski definition) is 0. The lowest BCUT2D eigenvalue weighted by Gasteiger charge is -2.29. The Morgan fingerprint density at radius 3 is 2.00 bits per heavy atom. The molecular formula is C27H36FN. The topological polar surface area (TPSA) is 23.8 Å². The molecule has 0 bridgehead atoms. The fourth-order valence-electron chi connectivity index (χ4n) is 5.37. The van der Waals surface area contributed by atoms with Gasteiger partial charge in [0.15, 0.2) is 0 Å². The lowest BCUT2D eigenvalue weighted by atomic mass is 9.76. The molecule has 0 atom stereocenters. The number of nitrogens with zero attached hydrogens (tertiary/aromatic N) is 1. The molecule has 0 spiro atoms. The van der Waals surface area contributed by atoms with Gasteiger partial charge < -0.3 is 0 Å². The molecule has 0 radical (unpaired) electrons. The molecule has 1 aromatic rings. The van der Waals surface area contributed by atoms with Gasteiger partial charge in [-0.2, -0.15) is 5.26 Å². The molecular weight excluding hydrogens is 357 g/mol. The van der Waals surface area contributed by atoms with E-state index in [-0.39, 0.29) is 5.82 Å². The highest BCUT2D eigenvalue weighted by atomic mass is 19.1. The Hall–Kier alpha value is -1.88. The minimum Gasteiger partial charge on any atom is -0.207 e. The highest BCUT2D eigenvalue weighted by molar-refractivity contribution is 5.20. The van der Waals surface area contributed by atoms with E-state index >= 15 is 0 Å². The van der Waals surface area contributed by atoms with Gasteiger partial charge in [-0.3, -0.25) is 0 Å². The maximum Gasteiger partial charge on any atom is 0.123 e. The summed E-state index contributed by atoms with van der Waals surface area (Å²) in [7, 11) is 0. The molecule has 3 rings (SSSR count). The van der Waals surface area contributed by atoms with Crippen LogP contribution in [0.15, 0.2) is 48.6 Å². The Bertz CT molecular complexity index is 680. The van der Waals surface area contributed by atoms with Crippen LogP contribution in [0.2, 0.25) is 0 Å². The van der Waals surface area contributed by atoms with E-state index in [1.165, 1.54) is 88.7 Å². The average molecular weight is 394 g/mol. The average Bonchev–Trinajstić information content (AvgIpc) is 2.76. The predicted molar refractivity (Wildman–Crippen MR) is 119 cm³/mol. The van der Waals surface area contributed by atoms with E-state index in [4.69, 9.17) is 5.26 Å². The summed E-state index contributed by atoms with van der Waals surface area (Å²) in [6.45, 7) is 0. The summed E-state index contributed by atoms with van der Waals surface area (Å²) < 4.78 is 13.1. The fraction of sp³-hybridized carbons (Fsp3) is 0.593. The first kappa shape index (κ1) is 21.8. The minimum atomic E-state index is -0.125. The van der Waals surface area contributed by atoms with Crippen LogP contribution in [0.4, 0.5) is 4.39 Å². The first-order valence-corrected chi connectivity index (χ1v) is 11.7. The Kier molecular flexibility index (Phi) is 9.00. The van der Waals surface area contributed by atoms with Crippen molar-refractivity contribution < 1.29 is 4.39 Å². The van der Waals surface area contributed by atoms with Crippen molar-refractivity contribution in [1.29, 1.82) is 5.26 Å². The van der Waals surface area contributed by atoms with Crippen LogP contribution >= 0.6 is 0 Å². The van der Waals surface area contributed by atoms with Crippen LogP contribution in [0.5, 0.6) is 0 Å². The van der Waals surface area contributed by atoms with E-state index < -0.39 is 0 Å². The first-order chi connectivity index (χ1) is 14.2. The van der Waals surface area contributed by atoms with Crippen molar-refractivity contribution in [2.24, 2.45) is 17.8 Å². The molecule has 1 aromatic carbocycles. The maximum atomic E-state index is 13.1. The molecule has 2 aliphatic rings. The van der Waals surface area contributed by atoms with Crippen molar-refractivity contribution in [3.63, 3.8) is 0 Å². The molecule has 29 heavy (non-hydrogen) atoms. The normalized spacial score (nSPS) is 28.0. The van der Waals surface area contributed by atoms with Crippen LogP contribution in [0, 0.1) is 34.9 Å². The van der Waals surface area contributed by atoms with Gasteiger partial charge in [0.05, 0.1) is 6.07 Å². The monoisotopic (exact) mass is 393 g/mol. The van der Waals surface area contributed by atoms with Crippen LogP contribution in [-0.2, 0) is 0 Å². The largest absolute Gasteiger partial charge is 0.207 e. The second-order valence-electron chi connectivity index (χ2n) is 9.21. The van der Waals surface area contributed by atoms with Crippen LogP contribution < -0.4 is 0 Å². The van der Waals surface area contributed by atoms with Crippen LogP contribution in [-0.4, -0.2) is 0 Å². The van der Waals surface area contributed by atoms with Gasteiger partial charge in [-0.15, -0.1) is 0 Å². The quantitative estimate of drug-likeness (QED) is 0.249. The van der Waals surface area contributed by atoms with Crippen molar-refractivity contribution in [1.82, 2.24) is 0 Å². The molecule has 2 aliphatic carbocycles. The summed E-state index contributed by atoms with van der Waals surface area (Å²) in [6, 6.07) is 9.21. The summed E-state index contributed by atoms with van der Waals surface area (Å²) in [5, 5.41) is 8.51. The number of rotatable bonds is 8. The molecule has 2 heteroatoms. The van der Waals surface area contributed by atoms with Crippen LogP contribution in [0.1, 0.15) is 88.5 Å². The Balaban J connectivity index is 1.25. The number of hydrogen-bond acceptors (Lipinski definition) is 1.